The molecule has 1 aromatic carbocycles. The first-order valence-corrected chi connectivity index (χ1v) is 9.92. The highest BCUT2D eigenvalue weighted by Gasteiger charge is 2.16. The summed E-state index contributed by atoms with van der Waals surface area (Å²) in [5.74, 6) is 0.794. The zero-order valence-electron chi connectivity index (χ0n) is 15.1. The molecule has 1 aliphatic carbocycles. The minimum Gasteiger partial charge on any atom is -0.256 e. The fourth-order valence-corrected chi connectivity index (χ4v) is 3.86. The molecular weight excluding hydrogens is 290 g/mol. The monoisotopic (exact) mass is 321 g/mol. The van der Waals surface area contributed by atoms with Crippen molar-refractivity contribution in [3.05, 3.63) is 53.7 Å². The molecule has 2 aromatic rings. The maximum Gasteiger partial charge on any atom is 0.0702 e. The maximum absolute atomic E-state index is 4.69. The van der Waals surface area contributed by atoms with Crippen molar-refractivity contribution in [2.45, 2.75) is 77.0 Å². The summed E-state index contributed by atoms with van der Waals surface area (Å²) >= 11 is 0. The molecule has 0 bridgehead atoms. The lowest BCUT2D eigenvalue weighted by molar-refractivity contribution is 0.632. The molecule has 0 spiro atoms. The fraction of sp³-hybridized carbons (Fsp3) is 0.522. The molecule has 1 heterocycles. The SMILES string of the molecule is CCCCCCCc1ccc(-c2ccc(C3CCCC3)cc2)nc1. The largest absolute Gasteiger partial charge is 0.256 e. The van der Waals surface area contributed by atoms with E-state index in [9.17, 15) is 0 Å². The van der Waals surface area contributed by atoms with Crippen LogP contribution in [0.25, 0.3) is 11.3 Å². The second-order valence-electron chi connectivity index (χ2n) is 7.32. The van der Waals surface area contributed by atoms with Gasteiger partial charge in [-0.1, -0.05) is 75.8 Å². The minimum atomic E-state index is 0.794. The summed E-state index contributed by atoms with van der Waals surface area (Å²) in [7, 11) is 0. The Morgan fingerprint density at radius 2 is 1.62 bits per heavy atom. The molecule has 128 valence electrons. The Hall–Kier alpha value is -1.63. The van der Waals surface area contributed by atoms with Crippen LogP contribution in [0.3, 0.4) is 0 Å². The third-order valence-electron chi connectivity index (χ3n) is 5.43. The summed E-state index contributed by atoms with van der Waals surface area (Å²) in [5.41, 5.74) is 5.23. The van der Waals surface area contributed by atoms with Crippen molar-refractivity contribution in [2.75, 3.05) is 0 Å². The number of pyridine rings is 1. The molecule has 0 amide bonds. The van der Waals surface area contributed by atoms with Crippen LogP contribution in [0.2, 0.25) is 0 Å². The molecule has 1 heteroatoms. The first-order valence-electron chi connectivity index (χ1n) is 9.92. The van der Waals surface area contributed by atoms with Gasteiger partial charge >= 0.3 is 0 Å². The van der Waals surface area contributed by atoms with Crippen molar-refractivity contribution < 1.29 is 0 Å². The summed E-state index contributed by atoms with van der Waals surface area (Å²) in [5, 5.41) is 0. The van der Waals surface area contributed by atoms with Gasteiger partial charge in [-0.05, 0) is 48.8 Å². The summed E-state index contributed by atoms with van der Waals surface area (Å²) in [4.78, 5) is 4.69. The van der Waals surface area contributed by atoms with Crippen molar-refractivity contribution in [2.24, 2.45) is 0 Å². The van der Waals surface area contributed by atoms with Crippen molar-refractivity contribution in [3.63, 3.8) is 0 Å². The Morgan fingerprint density at radius 1 is 0.875 bits per heavy atom. The first-order chi connectivity index (χ1) is 11.9. The summed E-state index contributed by atoms with van der Waals surface area (Å²) in [6, 6.07) is 13.6. The molecule has 3 rings (SSSR count). The zero-order chi connectivity index (χ0) is 16.6. The first kappa shape index (κ1) is 17.2. The van der Waals surface area contributed by atoms with Gasteiger partial charge in [0.1, 0.15) is 0 Å². The standard InChI is InChI=1S/C23H31N/c1-2-3-4-5-6-9-19-12-17-23(24-18-19)22-15-13-21(14-16-22)20-10-7-8-11-20/h12-18,20H,2-11H2,1H3. The Morgan fingerprint density at radius 3 is 2.29 bits per heavy atom. The Balaban J connectivity index is 1.54. The minimum absolute atomic E-state index is 0.794. The molecule has 0 aliphatic heterocycles. The Kier molecular flexibility index (Phi) is 6.46. The molecule has 1 saturated carbocycles. The molecule has 1 nitrogen and oxygen atoms in total. The highest BCUT2D eigenvalue weighted by atomic mass is 14.7. The molecule has 24 heavy (non-hydrogen) atoms. The van der Waals surface area contributed by atoms with E-state index in [1.807, 2.05) is 0 Å². The van der Waals surface area contributed by atoms with Crippen LogP contribution in [-0.2, 0) is 6.42 Å². The van der Waals surface area contributed by atoms with E-state index in [0.29, 0.717) is 0 Å². The smallest absolute Gasteiger partial charge is 0.0702 e. The Bertz CT molecular complexity index is 591. The molecule has 0 radical (unpaired) electrons. The third kappa shape index (κ3) is 4.69. The summed E-state index contributed by atoms with van der Waals surface area (Å²) in [6.07, 6.45) is 15.4. The van der Waals surface area contributed by atoms with Gasteiger partial charge in [-0.2, -0.15) is 0 Å². The van der Waals surface area contributed by atoms with E-state index in [-0.39, 0.29) is 0 Å². The molecule has 0 unspecified atom stereocenters. The van der Waals surface area contributed by atoms with Gasteiger partial charge in [-0.25, -0.2) is 0 Å². The highest BCUT2D eigenvalue weighted by molar-refractivity contribution is 5.59. The molecule has 1 aromatic heterocycles. The van der Waals surface area contributed by atoms with Crippen molar-refractivity contribution in [1.82, 2.24) is 4.98 Å². The lowest BCUT2D eigenvalue weighted by Crippen LogP contribution is -1.93. The average Bonchev–Trinajstić information content (AvgIpc) is 3.17. The molecule has 0 saturated heterocycles. The molecule has 1 fully saturated rings. The molecule has 0 atom stereocenters. The maximum atomic E-state index is 4.69. The number of nitrogens with zero attached hydrogens (tertiary/aromatic N) is 1. The number of unbranched alkanes of at least 4 members (excludes halogenated alkanes) is 4. The number of aromatic nitrogens is 1. The van der Waals surface area contributed by atoms with Gasteiger partial charge in [0.2, 0.25) is 0 Å². The van der Waals surface area contributed by atoms with E-state index < -0.39 is 0 Å². The van der Waals surface area contributed by atoms with Crippen LogP contribution < -0.4 is 0 Å². The predicted octanol–water partition coefficient (Wildman–Crippen LogP) is 6.92. The van der Waals surface area contributed by atoms with Gasteiger partial charge in [0, 0.05) is 11.8 Å². The van der Waals surface area contributed by atoms with Crippen molar-refractivity contribution in [3.8, 4) is 11.3 Å². The van der Waals surface area contributed by atoms with Crippen LogP contribution in [0.15, 0.2) is 42.6 Å². The van der Waals surface area contributed by atoms with E-state index in [4.69, 9.17) is 4.98 Å². The van der Waals surface area contributed by atoms with Gasteiger partial charge in [0.25, 0.3) is 0 Å². The van der Waals surface area contributed by atoms with Crippen LogP contribution in [0.5, 0.6) is 0 Å². The number of rotatable bonds is 8. The van der Waals surface area contributed by atoms with Crippen LogP contribution in [0.4, 0.5) is 0 Å². The van der Waals surface area contributed by atoms with Crippen LogP contribution in [0, 0.1) is 0 Å². The van der Waals surface area contributed by atoms with Gasteiger partial charge in [0.05, 0.1) is 5.69 Å². The molecular formula is C23H31N. The molecule has 0 N–H and O–H groups in total. The summed E-state index contributed by atoms with van der Waals surface area (Å²) < 4.78 is 0. The van der Waals surface area contributed by atoms with Crippen LogP contribution in [-0.4, -0.2) is 4.98 Å². The van der Waals surface area contributed by atoms with Crippen LogP contribution in [0.1, 0.15) is 81.8 Å². The van der Waals surface area contributed by atoms with Crippen molar-refractivity contribution >= 4 is 0 Å². The van der Waals surface area contributed by atoms with Gasteiger partial charge < -0.3 is 0 Å². The quantitative estimate of drug-likeness (QED) is 0.481. The number of aryl methyl sites for hydroxylation is 1. The zero-order valence-corrected chi connectivity index (χ0v) is 15.1. The number of hydrogen-bond acceptors (Lipinski definition) is 1. The number of benzene rings is 1. The van der Waals surface area contributed by atoms with E-state index >= 15 is 0 Å². The molecule has 1 aliphatic rings. The topological polar surface area (TPSA) is 12.9 Å². The van der Waals surface area contributed by atoms with Gasteiger partial charge in [-0.3, -0.25) is 4.98 Å². The Labute approximate surface area is 147 Å². The van der Waals surface area contributed by atoms with Gasteiger partial charge in [0.15, 0.2) is 0 Å². The van der Waals surface area contributed by atoms with Crippen LogP contribution >= 0.6 is 0 Å². The lowest BCUT2D eigenvalue weighted by Gasteiger charge is -2.10. The van der Waals surface area contributed by atoms with E-state index in [2.05, 4.69) is 49.5 Å². The second kappa shape index (κ2) is 9.01. The average molecular weight is 322 g/mol. The summed E-state index contributed by atoms with van der Waals surface area (Å²) in [6.45, 7) is 2.27. The van der Waals surface area contributed by atoms with Gasteiger partial charge in [-0.15, -0.1) is 0 Å². The third-order valence-corrected chi connectivity index (χ3v) is 5.43. The fourth-order valence-electron chi connectivity index (χ4n) is 3.86. The lowest BCUT2D eigenvalue weighted by atomic mass is 9.96. The predicted molar refractivity (Wildman–Crippen MR) is 103 cm³/mol. The highest BCUT2D eigenvalue weighted by Crippen LogP contribution is 2.34. The van der Waals surface area contributed by atoms with E-state index in [1.54, 1.807) is 0 Å². The van der Waals surface area contributed by atoms with Crippen molar-refractivity contribution in [1.29, 1.82) is 0 Å². The van der Waals surface area contributed by atoms with E-state index in [0.717, 1.165) is 18.0 Å². The number of hydrogen-bond donors (Lipinski definition) is 0. The van der Waals surface area contributed by atoms with E-state index in [1.165, 1.54) is 74.5 Å². The second-order valence-corrected chi connectivity index (χ2v) is 7.32. The normalized spacial score (nSPS) is 15.0.